The largest absolute Gasteiger partial charge is 0.445 e. The fourth-order valence-electron chi connectivity index (χ4n) is 1.91. The second-order valence-electron chi connectivity index (χ2n) is 4.66. The Hall–Kier alpha value is -1.55. The molecule has 1 saturated heterocycles. The van der Waals surface area contributed by atoms with Crippen molar-refractivity contribution in [1.82, 2.24) is 10.6 Å². The molecule has 1 aliphatic rings. The molecule has 0 unspecified atom stereocenters. The van der Waals surface area contributed by atoms with Crippen LogP contribution in [0.5, 0.6) is 0 Å². The molecule has 4 heteroatoms. The molecule has 0 atom stereocenters. The normalized spacial score (nSPS) is 14.9. The Morgan fingerprint density at radius 2 is 2.11 bits per heavy atom. The predicted octanol–water partition coefficient (Wildman–Crippen LogP) is 1.91. The molecule has 1 amide bonds. The predicted molar refractivity (Wildman–Crippen MR) is 70.2 cm³/mol. The van der Waals surface area contributed by atoms with Gasteiger partial charge in [-0.1, -0.05) is 30.3 Å². The summed E-state index contributed by atoms with van der Waals surface area (Å²) < 4.78 is 5.11. The van der Waals surface area contributed by atoms with Crippen molar-refractivity contribution in [2.45, 2.75) is 19.4 Å². The van der Waals surface area contributed by atoms with E-state index in [0.717, 1.165) is 31.0 Å². The minimum Gasteiger partial charge on any atom is -0.445 e. The Kier molecular flexibility index (Phi) is 5.02. The van der Waals surface area contributed by atoms with Crippen molar-refractivity contribution >= 4 is 6.09 Å². The van der Waals surface area contributed by atoms with Gasteiger partial charge in [0.1, 0.15) is 6.61 Å². The topological polar surface area (TPSA) is 50.4 Å². The Balaban J connectivity index is 1.52. The van der Waals surface area contributed by atoms with Crippen LogP contribution < -0.4 is 10.6 Å². The maximum Gasteiger partial charge on any atom is 0.407 e. The lowest BCUT2D eigenvalue weighted by molar-refractivity contribution is 0.139. The van der Waals surface area contributed by atoms with E-state index in [2.05, 4.69) is 10.6 Å². The van der Waals surface area contributed by atoms with Gasteiger partial charge in [0, 0.05) is 6.54 Å². The highest BCUT2D eigenvalue weighted by Crippen LogP contribution is 2.09. The van der Waals surface area contributed by atoms with Crippen molar-refractivity contribution in [3.05, 3.63) is 35.9 Å². The summed E-state index contributed by atoms with van der Waals surface area (Å²) in [6, 6.07) is 9.69. The van der Waals surface area contributed by atoms with Crippen molar-refractivity contribution in [2.24, 2.45) is 5.92 Å². The van der Waals surface area contributed by atoms with Crippen molar-refractivity contribution in [3.8, 4) is 0 Å². The van der Waals surface area contributed by atoms with Gasteiger partial charge >= 0.3 is 6.09 Å². The van der Waals surface area contributed by atoms with Crippen LogP contribution in [0, 0.1) is 5.92 Å². The highest BCUT2D eigenvalue weighted by molar-refractivity contribution is 5.67. The molecular formula is C14H20N2O2. The Labute approximate surface area is 108 Å². The molecule has 0 radical (unpaired) electrons. The molecule has 1 heterocycles. The Morgan fingerprint density at radius 1 is 1.33 bits per heavy atom. The van der Waals surface area contributed by atoms with E-state index < -0.39 is 0 Å². The maximum absolute atomic E-state index is 11.4. The fraction of sp³-hybridized carbons (Fsp3) is 0.500. The van der Waals surface area contributed by atoms with Crippen LogP contribution in [0.1, 0.15) is 18.4 Å². The third kappa shape index (κ3) is 4.37. The number of ether oxygens (including phenoxy) is 1. The highest BCUT2D eigenvalue weighted by atomic mass is 16.5. The number of amides is 1. The molecule has 0 spiro atoms. The highest BCUT2D eigenvalue weighted by Gasteiger charge is 2.15. The van der Waals surface area contributed by atoms with E-state index in [1.165, 1.54) is 6.42 Å². The van der Waals surface area contributed by atoms with E-state index in [-0.39, 0.29) is 6.09 Å². The van der Waals surface area contributed by atoms with Crippen molar-refractivity contribution in [1.29, 1.82) is 0 Å². The molecular weight excluding hydrogens is 228 g/mol. The lowest BCUT2D eigenvalue weighted by atomic mass is 9.98. The molecule has 98 valence electrons. The zero-order valence-corrected chi connectivity index (χ0v) is 10.5. The average molecular weight is 248 g/mol. The standard InChI is InChI=1S/C14H20N2O2/c17-14(16-8-4-7-13-9-15-10-13)18-11-12-5-2-1-3-6-12/h1-3,5-6,13,15H,4,7-11H2,(H,16,17). The van der Waals surface area contributed by atoms with Gasteiger partial charge in [-0.2, -0.15) is 0 Å². The number of benzene rings is 1. The molecule has 0 aliphatic carbocycles. The smallest absolute Gasteiger partial charge is 0.407 e. The number of nitrogens with one attached hydrogen (secondary N) is 2. The maximum atomic E-state index is 11.4. The van der Waals surface area contributed by atoms with Gasteiger partial charge in [-0.15, -0.1) is 0 Å². The second-order valence-corrected chi connectivity index (χ2v) is 4.66. The molecule has 1 aromatic rings. The average Bonchev–Trinajstić information content (AvgIpc) is 2.35. The molecule has 1 aromatic carbocycles. The van der Waals surface area contributed by atoms with E-state index in [4.69, 9.17) is 4.74 Å². The first-order valence-electron chi connectivity index (χ1n) is 6.50. The van der Waals surface area contributed by atoms with Gasteiger partial charge in [-0.3, -0.25) is 0 Å². The molecule has 18 heavy (non-hydrogen) atoms. The minimum absolute atomic E-state index is 0.328. The van der Waals surface area contributed by atoms with Gasteiger partial charge in [-0.25, -0.2) is 4.79 Å². The summed E-state index contributed by atoms with van der Waals surface area (Å²) in [5.41, 5.74) is 1.01. The van der Waals surface area contributed by atoms with E-state index in [0.29, 0.717) is 13.2 Å². The van der Waals surface area contributed by atoms with Crippen LogP contribution in [-0.2, 0) is 11.3 Å². The number of carbonyl (C=O) groups excluding carboxylic acids is 1. The summed E-state index contributed by atoms with van der Waals surface area (Å²) in [5.74, 6) is 0.798. The third-order valence-electron chi connectivity index (χ3n) is 3.14. The zero-order valence-electron chi connectivity index (χ0n) is 10.5. The lowest BCUT2D eigenvalue weighted by Gasteiger charge is -2.26. The van der Waals surface area contributed by atoms with Gasteiger partial charge in [0.25, 0.3) is 0 Å². The third-order valence-corrected chi connectivity index (χ3v) is 3.14. The molecule has 0 bridgehead atoms. The van der Waals surface area contributed by atoms with Crippen LogP contribution in [0.2, 0.25) is 0 Å². The summed E-state index contributed by atoms with van der Waals surface area (Å²) in [7, 11) is 0. The van der Waals surface area contributed by atoms with Crippen LogP contribution in [0.3, 0.4) is 0 Å². The van der Waals surface area contributed by atoms with Gasteiger partial charge in [0.15, 0.2) is 0 Å². The zero-order chi connectivity index (χ0) is 12.6. The van der Waals surface area contributed by atoms with Gasteiger partial charge in [0.05, 0.1) is 0 Å². The first-order valence-corrected chi connectivity index (χ1v) is 6.50. The Morgan fingerprint density at radius 3 is 2.78 bits per heavy atom. The summed E-state index contributed by atoms with van der Waals surface area (Å²) in [6.07, 6.45) is 1.87. The van der Waals surface area contributed by atoms with E-state index in [1.807, 2.05) is 30.3 Å². The molecule has 2 rings (SSSR count). The van der Waals surface area contributed by atoms with Crippen molar-refractivity contribution in [2.75, 3.05) is 19.6 Å². The number of rotatable bonds is 6. The monoisotopic (exact) mass is 248 g/mol. The fourth-order valence-corrected chi connectivity index (χ4v) is 1.91. The van der Waals surface area contributed by atoms with E-state index in [1.54, 1.807) is 0 Å². The van der Waals surface area contributed by atoms with Gasteiger partial charge in [-0.05, 0) is 37.4 Å². The SMILES string of the molecule is O=C(NCCCC1CNC1)OCc1ccccc1. The number of alkyl carbamates (subject to hydrolysis) is 1. The van der Waals surface area contributed by atoms with Crippen molar-refractivity contribution in [3.63, 3.8) is 0 Å². The number of carbonyl (C=O) groups is 1. The number of hydrogen-bond acceptors (Lipinski definition) is 3. The number of hydrogen-bond donors (Lipinski definition) is 2. The molecule has 2 N–H and O–H groups in total. The van der Waals surface area contributed by atoms with E-state index in [9.17, 15) is 4.79 Å². The van der Waals surface area contributed by atoms with Crippen molar-refractivity contribution < 1.29 is 9.53 Å². The van der Waals surface area contributed by atoms with Crippen LogP contribution in [-0.4, -0.2) is 25.7 Å². The molecule has 0 aromatic heterocycles. The van der Waals surface area contributed by atoms with Gasteiger partial charge < -0.3 is 15.4 Å². The van der Waals surface area contributed by atoms with E-state index >= 15 is 0 Å². The first kappa shape index (κ1) is 12.9. The van der Waals surface area contributed by atoms with Gasteiger partial charge in [0.2, 0.25) is 0 Å². The molecule has 0 saturated carbocycles. The first-order chi connectivity index (χ1) is 8.84. The summed E-state index contributed by atoms with van der Waals surface area (Å²) in [4.78, 5) is 11.4. The summed E-state index contributed by atoms with van der Waals surface area (Å²) in [6.45, 7) is 3.28. The second kappa shape index (κ2) is 7.01. The minimum atomic E-state index is -0.328. The van der Waals surface area contributed by atoms with Crippen LogP contribution in [0.15, 0.2) is 30.3 Å². The molecule has 4 nitrogen and oxygen atoms in total. The quantitative estimate of drug-likeness (QED) is 0.756. The molecule has 1 fully saturated rings. The van der Waals surface area contributed by atoms with Crippen LogP contribution in [0.25, 0.3) is 0 Å². The molecule has 1 aliphatic heterocycles. The van der Waals surface area contributed by atoms with Crippen LogP contribution >= 0.6 is 0 Å². The van der Waals surface area contributed by atoms with Crippen LogP contribution in [0.4, 0.5) is 4.79 Å². The summed E-state index contributed by atoms with van der Waals surface area (Å²) in [5, 5.41) is 6.01. The Bertz CT molecular complexity index is 363. The summed E-state index contributed by atoms with van der Waals surface area (Å²) >= 11 is 0. The lowest BCUT2D eigenvalue weighted by Crippen LogP contribution is -2.42.